The van der Waals surface area contributed by atoms with Crippen molar-refractivity contribution in [3.05, 3.63) is 23.6 Å². The van der Waals surface area contributed by atoms with Crippen molar-refractivity contribution in [3.63, 3.8) is 0 Å². The normalized spacial score (nSPS) is 22.2. The predicted octanol–water partition coefficient (Wildman–Crippen LogP) is 2.46. The fourth-order valence-electron chi connectivity index (χ4n) is 3.13. The van der Waals surface area contributed by atoms with Gasteiger partial charge < -0.3 is 14.5 Å². The van der Waals surface area contributed by atoms with E-state index in [9.17, 15) is 22.4 Å². The van der Waals surface area contributed by atoms with Gasteiger partial charge in [-0.2, -0.15) is 13.2 Å². The summed E-state index contributed by atoms with van der Waals surface area (Å²) < 4.78 is 57.5. The number of ether oxygens (including phenoxy) is 1. The van der Waals surface area contributed by atoms with E-state index in [1.54, 1.807) is 4.90 Å². The Hall–Kier alpha value is -1.90. The second-order valence-electron chi connectivity index (χ2n) is 6.22. The summed E-state index contributed by atoms with van der Waals surface area (Å²) in [6.45, 7) is 1.87. The van der Waals surface area contributed by atoms with Gasteiger partial charge >= 0.3 is 6.18 Å². The average Bonchev–Trinajstić information content (AvgIpc) is 2.61. The molecule has 9 heteroatoms. The molecule has 1 amide bonds. The molecule has 3 rings (SSSR count). The molecule has 5 nitrogen and oxygen atoms in total. The monoisotopic (exact) mass is 361 g/mol. The summed E-state index contributed by atoms with van der Waals surface area (Å²) in [7, 11) is 0. The molecule has 138 valence electrons. The van der Waals surface area contributed by atoms with Gasteiger partial charge in [0.05, 0.1) is 18.7 Å². The van der Waals surface area contributed by atoms with Crippen LogP contribution in [-0.4, -0.2) is 54.7 Å². The van der Waals surface area contributed by atoms with Gasteiger partial charge in [0.15, 0.2) is 17.7 Å². The lowest BCUT2D eigenvalue weighted by atomic mass is 10.1. The lowest BCUT2D eigenvalue weighted by Gasteiger charge is -2.36. The number of carbonyl (C=O) groups is 1. The second kappa shape index (κ2) is 7.15. The van der Waals surface area contributed by atoms with Crippen molar-refractivity contribution in [2.45, 2.75) is 31.5 Å². The number of anilines is 1. The molecule has 1 aromatic heterocycles. The summed E-state index contributed by atoms with van der Waals surface area (Å²) in [6.07, 6.45) is -1.83. The van der Waals surface area contributed by atoms with Crippen LogP contribution < -0.4 is 4.90 Å². The van der Waals surface area contributed by atoms with Crippen LogP contribution >= 0.6 is 0 Å². The number of aromatic nitrogens is 1. The fourth-order valence-corrected chi connectivity index (χ4v) is 3.13. The quantitative estimate of drug-likeness (QED) is 0.760. The van der Waals surface area contributed by atoms with Gasteiger partial charge in [-0.05, 0) is 25.3 Å². The molecule has 1 atom stereocenters. The molecule has 0 bridgehead atoms. The maximum atomic E-state index is 14.1. The minimum atomic E-state index is -4.65. The number of halogens is 4. The van der Waals surface area contributed by atoms with Crippen LogP contribution in [0.2, 0.25) is 0 Å². The van der Waals surface area contributed by atoms with Gasteiger partial charge in [-0.1, -0.05) is 0 Å². The van der Waals surface area contributed by atoms with Crippen LogP contribution in [0.1, 0.15) is 24.8 Å². The third-order valence-electron chi connectivity index (χ3n) is 4.46. The molecule has 2 saturated heterocycles. The number of likely N-dealkylation sites (tertiary alicyclic amines) is 1. The number of carbonyl (C=O) groups excluding carboxylic acids is 1. The number of nitrogens with zero attached hydrogens (tertiary/aromatic N) is 3. The molecule has 2 aliphatic heterocycles. The molecule has 2 aliphatic rings. The van der Waals surface area contributed by atoms with E-state index in [2.05, 4.69) is 4.98 Å². The van der Waals surface area contributed by atoms with E-state index >= 15 is 0 Å². The Bertz CT molecular complexity index is 632. The average molecular weight is 361 g/mol. The van der Waals surface area contributed by atoms with E-state index in [1.807, 2.05) is 0 Å². The number of morpholine rings is 1. The van der Waals surface area contributed by atoms with Crippen molar-refractivity contribution in [3.8, 4) is 0 Å². The van der Waals surface area contributed by atoms with Crippen molar-refractivity contribution >= 4 is 11.7 Å². The van der Waals surface area contributed by atoms with Crippen LogP contribution in [0.4, 0.5) is 23.4 Å². The van der Waals surface area contributed by atoms with Crippen LogP contribution in [0.5, 0.6) is 0 Å². The maximum Gasteiger partial charge on any atom is 0.417 e. The SMILES string of the molecule is O=C(C1CN(c2ncc(C(F)(F)F)cc2F)CCO1)N1CCCCC1. The van der Waals surface area contributed by atoms with E-state index in [1.165, 1.54) is 4.90 Å². The first kappa shape index (κ1) is 17.9. The van der Waals surface area contributed by atoms with Crippen LogP contribution in [0, 0.1) is 5.82 Å². The third kappa shape index (κ3) is 4.02. The van der Waals surface area contributed by atoms with Crippen LogP contribution in [0.15, 0.2) is 12.3 Å². The maximum absolute atomic E-state index is 14.1. The number of hydrogen-bond donors (Lipinski definition) is 0. The van der Waals surface area contributed by atoms with Crippen LogP contribution in [0.25, 0.3) is 0 Å². The Morgan fingerprint density at radius 2 is 1.92 bits per heavy atom. The minimum Gasteiger partial charge on any atom is -0.365 e. The molecule has 1 unspecified atom stereocenters. The zero-order chi connectivity index (χ0) is 18.0. The Labute approximate surface area is 142 Å². The molecule has 25 heavy (non-hydrogen) atoms. The van der Waals surface area contributed by atoms with Crippen molar-refractivity contribution in [1.29, 1.82) is 0 Å². The van der Waals surface area contributed by atoms with Crippen molar-refractivity contribution in [2.75, 3.05) is 37.7 Å². The van der Waals surface area contributed by atoms with Gasteiger partial charge in [-0.15, -0.1) is 0 Å². The van der Waals surface area contributed by atoms with Gasteiger partial charge in [-0.3, -0.25) is 4.79 Å². The molecule has 0 aromatic carbocycles. The van der Waals surface area contributed by atoms with Crippen molar-refractivity contribution in [2.24, 2.45) is 0 Å². The highest BCUT2D eigenvalue weighted by Gasteiger charge is 2.35. The highest BCUT2D eigenvalue weighted by atomic mass is 19.4. The first-order chi connectivity index (χ1) is 11.9. The zero-order valence-electron chi connectivity index (χ0n) is 13.6. The molecule has 0 saturated carbocycles. The predicted molar refractivity (Wildman–Crippen MR) is 81.6 cm³/mol. The summed E-state index contributed by atoms with van der Waals surface area (Å²) in [6, 6.07) is 0.430. The highest BCUT2D eigenvalue weighted by Crippen LogP contribution is 2.31. The van der Waals surface area contributed by atoms with Crippen LogP contribution in [-0.2, 0) is 15.7 Å². The van der Waals surface area contributed by atoms with Gasteiger partial charge in [0.2, 0.25) is 0 Å². The molecular weight excluding hydrogens is 342 g/mol. The molecule has 0 radical (unpaired) electrons. The molecule has 2 fully saturated rings. The zero-order valence-corrected chi connectivity index (χ0v) is 13.6. The summed E-state index contributed by atoms with van der Waals surface area (Å²) in [5, 5.41) is 0. The summed E-state index contributed by atoms with van der Waals surface area (Å²) >= 11 is 0. The number of alkyl halides is 3. The van der Waals surface area contributed by atoms with Gasteiger partial charge in [0, 0.05) is 25.8 Å². The summed E-state index contributed by atoms with van der Waals surface area (Å²) in [4.78, 5) is 19.3. The molecular formula is C16H19F4N3O2. The van der Waals surface area contributed by atoms with E-state index in [4.69, 9.17) is 4.74 Å². The third-order valence-corrected chi connectivity index (χ3v) is 4.46. The van der Waals surface area contributed by atoms with Crippen molar-refractivity contribution < 1.29 is 27.1 Å². The fraction of sp³-hybridized carbons (Fsp3) is 0.625. The molecule has 0 aliphatic carbocycles. The molecule has 3 heterocycles. The Balaban J connectivity index is 1.72. The smallest absolute Gasteiger partial charge is 0.365 e. The first-order valence-electron chi connectivity index (χ1n) is 8.24. The Morgan fingerprint density at radius 1 is 1.20 bits per heavy atom. The number of piperidine rings is 1. The van der Waals surface area contributed by atoms with Gasteiger partial charge in [0.25, 0.3) is 5.91 Å². The lowest BCUT2D eigenvalue weighted by molar-refractivity contribution is -0.145. The largest absolute Gasteiger partial charge is 0.417 e. The van der Waals surface area contributed by atoms with Gasteiger partial charge in [0.1, 0.15) is 0 Å². The molecule has 1 aromatic rings. The molecule has 0 N–H and O–H groups in total. The lowest BCUT2D eigenvalue weighted by Crippen LogP contribution is -2.52. The number of hydrogen-bond acceptors (Lipinski definition) is 4. The summed E-state index contributed by atoms with van der Waals surface area (Å²) in [5.41, 5.74) is -1.14. The molecule has 0 spiro atoms. The van der Waals surface area contributed by atoms with Crippen molar-refractivity contribution in [1.82, 2.24) is 9.88 Å². The van der Waals surface area contributed by atoms with E-state index < -0.39 is 23.7 Å². The standard InChI is InChI=1S/C16H19F4N3O2/c17-12-8-11(16(18,19)20)9-21-14(12)23-6-7-25-13(10-23)15(24)22-4-2-1-3-5-22/h8-9,13H,1-7,10H2. The van der Waals surface area contributed by atoms with E-state index in [0.29, 0.717) is 25.4 Å². The topological polar surface area (TPSA) is 45.7 Å². The Morgan fingerprint density at radius 3 is 2.56 bits per heavy atom. The summed E-state index contributed by atoms with van der Waals surface area (Å²) in [5.74, 6) is -1.40. The number of amides is 1. The Kier molecular flexibility index (Phi) is 5.12. The first-order valence-corrected chi connectivity index (χ1v) is 8.24. The number of pyridine rings is 1. The van der Waals surface area contributed by atoms with Crippen LogP contribution in [0.3, 0.4) is 0 Å². The second-order valence-corrected chi connectivity index (χ2v) is 6.22. The highest BCUT2D eigenvalue weighted by molar-refractivity contribution is 5.82. The minimum absolute atomic E-state index is 0.0740. The number of rotatable bonds is 2. The van der Waals surface area contributed by atoms with E-state index in [-0.39, 0.29) is 31.4 Å². The van der Waals surface area contributed by atoms with Gasteiger partial charge in [-0.25, -0.2) is 9.37 Å². The van der Waals surface area contributed by atoms with E-state index in [0.717, 1.165) is 19.3 Å².